The summed E-state index contributed by atoms with van der Waals surface area (Å²) in [6, 6.07) is 0. The van der Waals surface area contributed by atoms with Gasteiger partial charge in [-0.05, 0) is 6.42 Å². The predicted molar refractivity (Wildman–Crippen MR) is 68.9 cm³/mol. The Hall–Kier alpha value is -1.04. The molecule has 0 rings (SSSR count). The van der Waals surface area contributed by atoms with Crippen molar-refractivity contribution in [2.45, 2.75) is 63.4 Å². The number of unbranched alkanes of at least 4 members (excludes halogenated alkanes) is 4. The van der Waals surface area contributed by atoms with Crippen LogP contribution in [0.1, 0.15) is 45.4 Å². The Kier molecular flexibility index (Phi) is 8.00. The van der Waals surface area contributed by atoms with E-state index < -0.39 is 46.2 Å². The molecule has 0 saturated carbocycles. The third-order valence-corrected chi connectivity index (χ3v) is 3.83. The second-order valence-corrected chi connectivity index (χ2v) is 6.57. The van der Waals surface area contributed by atoms with Gasteiger partial charge in [-0.25, -0.2) is 8.42 Å². The van der Waals surface area contributed by atoms with Gasteiger partial charge in [0.25, 0.3) is 0 Å². The number of carbonyl (C=O) groups excluding carboxylic acids is 1. The quantitative estimate of drug-likeness (QED) is 0.262. The molecule has 0 aliphatic heterocycles. The molecule has 0 radical (unpaired) electrons. The van der Waals surface area contributed by atoms with Gasteiger partial charge >= 0.3 is 23.9 Å². The molecule has 24 heavy (non-hydrogen) atoms. The van der Waals surface area contributed by atoms with Gasteiger partial charge in [0.15, 0.2) is 0 Å². The molecule has 12 heteroatoms. The van der Waals surface area contributed by atoms with E-state index in [1.165, 1.54) is 0 Å². The van der Waals surface area contributed by atoms with Crippen molar-refractivity contribution in [2.24, 2.45) is 0 Å². The number of hydrogen-bond acceptors (Lipinski definition) is 5. The van der Waals surface area contributed by atoms with E-state index in [-0.39, 0.29) is 6.42 Å². The summed E-state index contributed by atoms with van der Waals surface area (Å²) >= 11 is 0. The zero-order valence-corrected chi connectivity index (χ0v) is 13.5. The fraction of sp³-hybridized carbons (Fsp3) is 0.917. The van der Waals surface area contributed by atoms with Crippen LogP contribution >= 0.6 is 0 Å². The average Bonchev–Trinajstić information content (AvgIpc) is 2.33. The van der Waals surface area contributed by atoms with E-state index in [0.717, 1.165) is 12.8 Å². The number of hydrogen-bond donors (Lipinski definition) is 0. The first kappa shape index (κ1) is 23.0. The summed E-state index contributed by atoms with van der Waals surface area (Å²) in [5, 5.41) is 0. The molecule has 0 aromatic rings. The van der Waals surface area contributed by atoms with Crippen molar-refractivity contribution >= 4 is 16.1 Å². The maximum atomic E-state index is 12.9. The Labute approximate surface area is 135 Å². The monoisotopic (exact) mass is 387 g/mol. The van der Waals surface area contributed by atoms with Crippen LogP contribution in [-0.4, -0.2) is 42.6 Å². The molecule has 0 fully saturated rings. The summed E-state index contributed by atoms with van der Waals surface area (Å²) in [5.41, 5.74) is -5.37. The summed E-state index contributed by atoms with van der Waals surface area (Å²) in [6.07, 6.45) is -10.8. The molecule has 0 saturated heterocycles. The molecule has 0 aliphatic rings. The molecule has 0 amide bonds. The summed E-state index contributed by atoms with van der Waals surface area (Å²) < 4.78 is 112. The van der Waals surface area contributed by atoms with Gasteiger partial charge in [-0.2, -0.15) is 26.3 Å². The first-order valence-electron chi connectivity index (χ1n) is 6.95. The van der Waals surface area contributed by atoms with E-state index in [9.17, 15) is 44.1 Å². The lowest BCUT2D eigenvalue weighted by Crippen LogP contribution is -2.63. The molecule has 0 N–H and O–H groups in total. The standard InChI is InChI=1S/C12H18F6O5S/c1-2-3-4-5-6-7-9(19)23-10(11(13,14)15,12(16,17)18)8-24(20,21)22/h2-8H2,1H3,(H,20,21,22)/p-1. The normalized spacial score (nSPS) is 13.8. The second kappa shape index (κ2) is 8.37. The fourth-order valence-electron chi connectivity index (χ4n) is 1.84. The van der Waals surface area contributed by atoms with E-state index in [4.69, 9.17) is 0 Å². The molecule has 0 aliphatic carbocycles. The van der Waals surface area contributed by atoms with Crippen LogP contribution in [0.2, 0.25) is 0 Å². The minimum Gasteiger partial charge on any atom is -0.748 e. The van der Waals surface area contributed by atoms with Gasteiger partial charge in [0, 0.05) is 6.42 Å². The zero-order valence-electron chi connectivity index (χ0n) is 12.7. The van der Waals surface area contributed by atoms with Crippen LogP contribution in [0.4, 0.5) is 26.3 Å². The van der Waals surface area contributed by atoms with Crippen LogP contribution in [0.5, 0.6) is 0 Å². The molecular formula is C12H17F6O5S-. The minimum atomic E-state index is -6.32. The van der Waals surface area contributed by atoms with E-state index in [1.54, 1.807) is 0 Å². The van der Waals surface area contributed by atoms with Crippen molar-refractivity contribution in [1.29, 1.82) is 0 Å². The van der Waals surface area contributed by atoms with Crippen LogP contribution in [0, 0.1) is 0 Å². The molecule has 144 valence electrons. The van der Waals surface area contributed by atoms with Crippen LogP contribution in [0.15, 0.2) is 0 Å². The Morgan fingerprint density at radius 2 is 1.42 bits per heavy atom. The molecule has 0 atom stereocenters. The molecule has 0 spiro atoms. The van der Waals surface area contributed by atoms with Crippen molar-refractivity contribution in [2.75, 3.05) is 5.75 Å². The zero-order chi connectivity index (χ0) is 19.2. The number of ether oxygens (including phenoxy) is 1. The fourth-order valence-corrected chi connectivity index (χ4v) is 2.72. The van der Waals surface area contributed by atoms with Crippen LogP contribution in [-0.2, 0) is 19.6 Å². The molecule has 0 aromatic carbocycles. The first-order chi connectivity index (χ1) is 10.7. The molecule has 0 unspecified atom stereocenters. The number of carbonyl (C=O) groups is 1. The number of esters is 1. The van der Waals surface area contributed by atoms with Crippen molar-refractivity contribution in [3.8, 4) is 0 Å². The lowest BCUT2D eigenvalue weighted by molar-refractivity contribution is -0.361. The maximum Gasteiger partial charge on any atom is 0.438 e. The lowest BCUT2D eigenvalue weighted by Gasteiger charge is -2.36. The highest BCUT2D eigenvalue weighted by atomic mass is 32.2. The van der Waals surface area contributed by atoms with Gasteiger partial charge in [0.05, 0.1) is 15.9 Å². The molecule has 0 aromatic heterocycles. The predicted octanol–water partition coefficient (Wildman–Crippen LogP) is 3.30. The SMILES string of the molecule is CCCCCCCC(=O)OC(CS(=O)(=O)[O-])(C(F)(F)F)C(F)(F)F. The number of halogens is 6. The summed E-state index contributed by atoms with van der Waals surface area (Å²) in [5.74, 6) is -4.83. The summed E-state index contributed by atoms with van der Waals surface area (Å²) in [6.45, 7) is 1.87. The average molecular weight is 387 g/mol. The minimum absolute atomic E-state index is 0.0191. The van der Waals surface area contributed by atoms with Gasteiger partial charge in [0.1, 0.15) is 0 Å². The summed E-state index contributed by atoms with van der Waals surface area (Å²) in [4.78, 5) is 11.4. The van der Waals surface area contributed by atoms with E-state index in [1.807, 2.05) is 6.92 Å². The largest absolute Gasteiger partial charge is 0.748 e. The van der Waals surface area contributed by atoms with Crippen molar-refractivity contribution in [1.82, 2.24) is 0 Å². The molecule has 5 nitrogen and oxygen atoms in total. The lowest BCUT2D eigenvalue weighted by atomic mass is 10.1. The smallest absolute Gasteiger partial charge is 0.438 e. The van der Waals surface area contributed by atoms with Gasteiger partial charge in [-0.15, -0.1) is 0 Å². The van der Waals surface area contributed by atoms with Gasteiger partial charge < -0.3 is 9.29 Å². The molecule has 0 heterocycles. The molecule has 0 bridgehead atoms. The Bertz CT molecular complexity index is 497. The van der Waals surface area contributed by atoms with Crippen LogP contribution < -0.4 is 0 Å². The van der Waals surface area contributed by atoms with Gasteiger partial charge in [-0.1, -0.05) is 32.6 Å². The third-order valence-electron chi connectivity index (χ3n) is 3.07. The Morgan fingerprint density at radius 3 is 1.79 bits per heavy atom. The highest BCUT2D eigenvalue weighted by Gasteiger charge is 2.75. The van der Waals surface area contributed by atoms with Crippen LogP contribution in [0.3, 0.4) is 0 Å². The highest BCUT2D eigenvalue weighted by molar-refractivity contribution is 7.85. The first-order valence-corrected chi connectivity index (χ1v) is 8.53. The Balaban J connectivity index is 5.31. The number of alkyl halides is 6. The van der Waals surface area contributed by atoms with E-state index >= 15 is 0 Å². The summed E-state index contributed by atoms with van der Waals surface area (Å²) in [7, 11) is -5.99. The second-order valence-electron chi connectivity index (χ2n) is 5.16. The van der Waals surface area contributed by atoms with Crippen LogP contribution in [0.25, 0.3) is 0 Å². The maximum absolute atomic E-state index is 12.9. The van der Waals surface area contributed by atoms with Gasteiger partial charge in [-0.3, -0.25) is 4.79 Å². The topological polar surface area (TPSA) is 83.5 Å². The molecular weight excluding hydrogens is 370 g/mol. The highest BCUT2D eigenvalue weighted by Crippen LogP contribution is 2.47. The Morgan fingerprint density at radius 1 is 0.958 bits per heavy atom. The van der Waals surface area contributed by atoms with Gasteiger partial charge in [0.2, 0.25) is 0 Å². The van der Waals surface area contributed by atoms with E-state index in [2.05, 4.69) is 4.74 Å². The van der Waals surface area contributed by atoms with Crippen molar-refractivity contribution in [3.63, 3.8) is 0 Å². The van der Waals surface area contributed by atoms with E-state index in [0.29, 0.717) is 12.8 Å². The number of rotatable bonds is 9. The van der Waals surface area contributed by atoms with Crippen molar-refractivity contribution in [3.05, 3.63) is 0 Å². The van der Waals surface area contributed by atoms with Crippen molar-refractivity contribution < 1.29 is 48.8 Å². The third kappa shape index (κ3) is 6.83.